The Morgan fingerprint density at radius 1 is 1.16 bits per heavy atom. The molecule has 1 N–H and O–H groups in total. The molecule has 2 atom stereocenters. The summed E-state index contributed by atoms with van der Waals surface area (Å²) in [5, 5.41) is 0. The molecule has 2 heterocycles. The van der Waals surface area contributed by atoms with Crippen molar-refractivity contribution >= 4 is 15.9 Å². The molecule has 1 fully saturated rings. The minimum atomic E-state index is -4.62. The monoisotopic (exact) mass is 377 g/mol. The van der Waals surface area contributed by atoms with E-state index >= 15 is 0 Å². The lowest BCUT2D eigenvalue weighted by atomic mass is 9.79. The predicted molar refractivity (Wildman–Crippen MR) is 96.0 cm³/mol. The summed E-state index contributed by atoms with van der Waals surface area (Å²) < 4.78 is 50.8. The van der Waals surface area contributed by atoms with Crippen molar-refractivity contribution in [2.75, 3.05) is 6.54 Å². The maximum absolute atomic E-state index is 12.7. The molecule has 0 aliphatic carbocycles. The molecule has 0 spiro atoms. The van der Waals surface area contributed by atoms with Gasteiger partial charge >= 0.3 is 5.76 Å². The van der Waals surface area contributed by atoms with Crippen molar-refractivity contribution in [3.05, 3.63) is 11.3 Å². The number of nitrogens with one attached hydrogen (secondary N) is 1. The molecule has 5 nitrogen and oxygen atoms in total. The molecule has 0 aromatic carbocycles. The fourth-order valence-electron chi connectivity index (χ4n) is 3.79. The van der Waals surface area contributed by atoms with Crippen LogP contribution in [-0.4, -0.2) is 43.5 Å². The first-order valence-electron chi connectivity index (χ1n) is 8.53. The summed E-state index contributed by atoms with van der Waals surface area (Å²) in [5.74, 6) is -2.54. The summed E-state index contributed by atoms with van der Waals surface area (Å²) in [6.45, 7) is 14.8. The number of sulfonamides is 1. The van der Waals surface area contributed by atoms with Crippen molar-refractivity contribution in [2.24, 2.45) is 15.8 Å². The number of alkyl halides is 2. The second kappa shape index (κ2) is 6.30. The van der Waals surface area contributed by atoms with Crippen LogP contribution < -0.4 is 4.72 Å². The maximum atomic E-state index is 12.7. The van der Waals surface area contributed by atoms with Gasteiger partial charge in [-0.25, -0.2) is 13.1 Å². The predicted octanol–water partition coefficient (Wildman–Crippen LogP) is 3.35. The number of hydrogen-bond donors (Lipinski definition) is 1. The molecule has 1 saturated heterocycles. The second-order valence-corrected chi connectivity index (χ2v) is 10.6. The van der Waals surface area contributed by atoms with Gasteiger partial charge in [0.25, 0.3) is 10.0 Å². The normalized spacial score (nSPS) is 25.5. The summed E-state index contributed by atoms with van der Waals surface area (Å²) >= 11 is 0. The average molecular weight is 378 g/mol. The lowest BCUT2D eigenvalue weighted by molar-refractivity contribution is 0.231. The van der Waals surface area contributed by atoms with Crippen molar-refractivity contribution in [3.8, 4) is 0 Å². The molecule has 2 aliphatic rings. The van der Waals surface area contributed by atoms with Gasteiger partial charge in [-0.05, 0) is 17.9 Å². The van der Waals surface area contributed by atoms with Gasteiger partial charge in [0, 0.05) is 30.1 Å². The summed E-state index contributed by atoms with van der Waals surface area (Å²) in [5.41, 5.74) is 1.79. The molecule has 0 bridgehead atoms. The molecule has 2 rings (SSSR count). The Bertz CT molecular complexity index is 700. The van der Waals surface area contributed by atoms with E-state index in [4.69, 9.17) is 4.99 Å². The zero-order valence-electron chi connectivity index (χ0n) is 16.0. The van der Waals surface area contributed by atoms with Crippen LogP contribution in [0.15, 0.2) is 16.3 Å². The SMILES string of the molecule is C[C@@H]1N=C(C(C)(C)C)N2C[C@H](NS(=O)(=O)C(F)F)CC2=C1C(C)(C)C. The minimum Gasteiger partial charge on any atom is -0.332 e. The third-order valence-corrected chi connectivity index (χ3v) is 5.64. The van der Waals surface area contributed by atoms with Crippen LogP contribution in [0.4, 0.5) is 8.78 Å². The van der Waals surface area contributed by atoms with E-state index in [1.807, 2.05) is 11.8 Å². The summed E-state index contributed by atoms with van der Waals surface area (Å²) in [6.07, 6.45) is 0.401. The fraction of sp³-hybridized carbons (Fsp3) is 0.824. The zero-order valence-corrected chi connectivity index (χ0v) is 16.8. The molecule has 0 amide bonds. The Hall–Kier alpha value is -1.02. The number of fused-ring (bicyclic) bond motifs is 1. The van der Waals surface area contributed by atoms with Gasteiger partial charge in [-0.3, -0.25) is 4.99 Å². The van der Waals surface area contributed by atoms with Crippen LogP contribution in [0.25, 0.3) is 0 Å². The van der Waals surface area contributed by atoms with Crippen LogP contribution in [0.2, 0.25) is 0 Å². The third kappa shape index (κ3) is 4.05. The molecular weight excluding hydrogens is 348 g/mol. The Morgan fingerprint density at radius 3 is 2.16 bits per heavy atom. The van der Waals surface area contributed by atoms with Crippen molar-refractivity contribution in [1.82, 2.24) is 9.62 Å². The van der Waals surface area contributed by atoms with E-state index in [0.717, 1.165) is 17.1 Å². The minimum absolute atomic E-state index is 0.0223. The highest BCUT2D eigenvalue weighted by atomic mass is 32.2. The first-order chi connectivity index (χ1) is 11.1. The highest BCUT2D eigenvalue weighted by molar-refractivity contribution is 7.89. The van der Waals surface area contributed by atoms with Crippen LogP contribution in [0, 0.1) is 10.8 Å². The molecule has 0 aromatic rings. The second-order valence-electron chi connectivity index (χ2n) is 8.92. The van der Waals surface area contributed by atoms with Crippen molar-refractivity contribution in [1.29, 1.82) is 0 Å². The van der Waals surface area contributed by atoms with E-state index in [9.17, 15) is 17.2 Å². The van der Waals surface area contributed by atoms with Crippen molar-refractivity contribution in [2.45, 2.75) is 72.7 Å². The van der Waals surface area contributed by atoms with Crippen LogP contribution >= 0.6 is 0 Å². The third-order valence-electron chi connectivity index (χ3n) is 4.51. The van der Waals surface area contributed by atoms with Crippen molar-refractivity contribution < 1.29 is 17.2 Å². The van der Waals surface area contributed by atoms with E-state index < -0.39 is 21.8 Å². The van der Waals surface area contributed by atoms with Crippen LogP contribution in [0.1, 0.15) is 54.9 Å². The molecule has 8 heteroatoms. The smallest absolute Gasteiger partial charge is 0.332 e. The Balaban J connectivity index is 2.45. The van der Waals surface area contributed by atoms with Gasteiger partial charge in [0.15, 0.2) is 0 Å². The Kier molecular flexibility index (Phi) is 5.11. The van der Waals surface area contributed by atoms with E-state index in [0.29, 0.717) is 13.0 Å². The van der Waals surface area contributed by atoms with Crippen molar-refractivity contribution in [3.63, 3.8) is 0 Å². The Labute approximate surface area is 149 Å². The number of halogens is 2. The van der Waals surface area contributed by atoms with Gasteiger partial charge in [0.1, 0.15) is 5.84 Å². The lowest BCUT2D eigenvalue weighted by Gasteiger charge is -2.41. The van der Waals surface area contributed by atoms with Gasteiger partial charge < -0.3 is 4.90 Å². The lowest BCUT2D eigenvalue weighted by Crippen LogP contribution is -2.45. The molecule has 0 aromatic heterocycles. The number of aliphatic imine (C=N–C) groups is 1. The molecule has 0 unspecified atom stereocenters. The first kappa shape index (κ1) is 20.3. The first-order valence-corrected chi connectivity index (χ1v) is 10.1. The summed E-state index contributed by atoms with van der Waals surface area (Å²) in [7, 11) is -4.62. The van der Waals surface area contributed by atoms with E-state index in [-0.39, 0.29) is 16.9 Å². The number of amidine groups is 1. The van der Waals surface area contributed by atoms with Crippen LogP contribution in [-0.2, 0) is 10.0 Å². The topological polar surface area (TPSA) is 61.8 Å². The maximum Gasteiger partial charge on any atom is 0.350 e. The molecular formula is C17H29F2N3O2S. The highest BCUT2D eigenvalue weighted by Crippen LogP contribution is 2.43. The summed E-state index contributed by atoms with van der Waals surface area (Å²) in [6, 6.07) is -0.602. The Morgan fingerprint density at radius 2 is 1.72 bits per heavy atom. The van der Waals surface area contributed by atoms with E-state index in [1.54, 1.807) is 0 Å². The zero-order chi connectivity index (χ0) is 19.4. The van der Waals surface area contributed by atoms with Gasteiger partial charge in [0.05, 0.1) is 6.04 Å². The number of nitrogens with zero attached hydrogens (tertiary/aromatic N) is 2. The average Bonchev–Trinajstić information content (AvgIpc) is 2.76. The quantitative estimate of drug-likeness (QED) is 0.820. The van der Waals surface area contributed by atoms with Crippen LogP contribution in [0.3, 0.4) is 0 Å². The fourth-order valence-corrected chi connectivity index (χ4v) is 4.51. The van der Waals surface area contributed by atoms with Gasteiger partial charge in [-0.2, -0.15) is 8.78 Å². The van der Waals surface area contributed by atoms with Gasteiger partial charge in [0.2, 0.25) is 0 Å². The van der Waals surface area contributed by atoms with E-state index in [2.05, 4.69) is 46.3 Å². The number of rotatable bonds is 3. The van der Waals surface area contributed by atoms with Crippen LogP contribution in [0.5, 0.6) is 0 Å². The van der Waals surface area contributed by atoms with Gasteiger partial charge in [-0.1, -0.05) is 41.5 Å². The summed E-state index contributed by atoms with van der Waals surface area (Å²) in [4.78, 5) is 6.90. The van der Waals surface area contributed by atoms with E-state index in [1.165, 1.54) is 0 Å². The highest BCUT2D eigenvalue weighted by Gasteiger charge is 2.43. The molecule has 0 radical (unpaired) electrons. The number of hydrogen-bond acceptors (Lipinski definition) is 4. The molecule has 2 aliphatic heterocycles. The molecule has 0 saturated carbocycles. The molecule has 144 valence electrons. The molecule has 25 heavy (non-hydrogen) atoms. The largest absolute Gasteiger partial charge is 0.350 e. The standard InChI is InChI=1S/C17H29F2N3O2S/c1-10-13(16(2,3)4)12-8-11(21-25(23,24)15(18)19)9-22(12)14(20-10)17(5,6)7/h10-11,15,21H,8-9H2,1-7H3/t10-,11+/m0/s1. The van der Waals surface area contributed by atoms with Gasteiger partial charge in [-0.15, -0.1) is 0 Å².